The van der Waals surface area contributed by atoms with E-state index in [-0.39, 0.29) is 22.7 Å². The molecule has 16 nitrogen and oxygen atoms in total. The normalized spacial score (nSPS) is 59.7. The number of aliphatic hydroxyl groups excluding tert-OH is 8. The number of piperidine rings is 1. The van der Waals surface area contributed by atoms with Crippen LogP contribution in [-0.2, 0) is 33.2 Å². The number of nitrogens with one attached hydrogen (secondary N) is 1. The minimum absolute atomic E-state index is 0.134. The summed E-state index contributed by atoms with van der Waals surface area (Å²) in [4.78, 5) is 0. The summed E-state index contributed by atoms with van der Waals surface area (Å²) in [6, 6.07) is 0. The maximum Gasteiger partial charge on any atom is 0.187 e. The zero-order valence-electron chi connectivity index (χ0n) is 36.8. The second-order valence-corrected chi connectivity index (χ2v) is 21.6. The van der Waals surface area contributed by atoms with Crippen LogP contribution >= 0.6 is 0 Å². The number of ether oxygens (including phenoxy) is 7. The first-order valence-corrected chi connectivity index (χ1v) is 23.6. The third-order valence-corrected chi connectivity index (χ3v) is 18.4. The molecule has 16 heteroatoms. The minimum atomic E-state index is -1.70. The molecular weight excluding hydrogens is 794 g/mol. The Balaban J connectivity index is 0.897. The fourth-order valence-corrected chi connectivity index (χ4v) is 14.8. The predicted molar refractivity (Wildman–Crippen MR) is 215 cm³/mol. The Hall–Kier alpha value is -0.640. The van der Waals surface area contributed by atoms with Crippen molar-refractivity contribution < 1.29 is 74.0 Å². The van der Waals surface area contributed by atoms with Crippen LogP contribution in [0.15, 0.2) is 0 Å². The number of hydrogen-bond donors (Lipinski definition) is 9. The molecule has 9 aliphatic rings. The monoisotopic (exact) mass is 870 g/mol. The third-order valence-electron chi connectivity index (χ3n) is 18.4. The van der Waals surface area contributed by atoms with Crippen molar-refractivity contribution in [2.24, 2.45) is 52.3 Å². The topological polar surface area (TPSA) is 238 Å². The van der Waals surface area contributed by atoms with Gasteiger partial charge in [0.25, 0.3) is 0 Å². The molecule has 5 saturated heterocycles. The lowest BCUT2D eigenvalue weighted by Gasteiger charge is -2.61. The van der Waals surface area contributed by atoms with Gasteiger partial charge >= 0.3 is 0 Å². The van der Waals surface area contributed by atoms with Gasteiger partial charge in [-0.2, -0.15) is 0 Å². The predicted octanol–water partition coefficient (Wildman–Crippen LogP) is 0.895. The van der Waals surface area contributed by atoms with E-state index in [1.165, 1.54) is 39.5 Å². The molecule has 9 rings (SSSR count). The van der Waals surface area contributed by atoms with Gasteiger partial charge in [0.15, 0.2) is 18.9 Å². The van der Waals surface area contributed by atoms with Crippen LogP contribution in [0, 0.1) is 52.3 Å². The van der Waals surface area contributed by atoms with Crippen LogP contribution in [0.3, 0.4) is 0 Å². The van der Waals surface area contributed by atoms with Crippen molar-refractivity contribution in [2.75, 3.05) is 13.2 Å². The molecule has 1 spiro atoms. The van der Waals surface area contributed by atoms with Gasteiger partial charge in [-0.05, 0) is 124 Å². The van der Waals surface area contributed by atoms with Gasteiger partial charge in [-0.1, -0.05) is 27.7 Å². The summed E-state index contributed by atoms with van der Waals surface area (Å²) in [7, 11) is 0. The molecule has 0 aromatic carbocycles. The average molecular weight is 870 g/mol. The first-order valence-electron chi connectivity index (χ1n) is 23.6. The maximum atomic E-state index is 12.0. The highest BCUT2D eigenvalue weighted by Gasteiger charge is 2.69. The van der Waals surface area contributed by atoms with E-state index in [0.29, 0.717) is 47.5 Å². The zero-order valence-corrected chi connectivity index (χ0v) is 36.8. The number of fused-ring (bicyclic) bond motifs is 7. The van der Waals surface area contributed by atoms with E-state index >= 15 is 0 Å². The van der Waals surface area contributed by atoms with Crippen LogP contribution in [0.4, 0.5) is 0 Å². The molecule has 5 heterocycles. The highest BCUT2D eigenvalue weighted by molar-refractivity contribution is 5.16. The van der Waals surface area contributed by atoms with Gasteiger partial charge in [-0.15, -0.1) is 0 Å². The SMILES string of the molecule is CC1CCC2(NC1)OC1CC3C4CCC5CC(OC6OC(CO)C(OC7OC(C)C(O)C(O)C7O)C(O)C6OC6OC(C)C(O)C(O)C6O)CCC5(C)C4CCC3(C)C1C2C. The first kappa shape index (κ1) is 45.5. The summed E-state index contributed by atoms with van der Waals surface area (Å²) in [5.41, 5.74) is 0.228. The summed E-state index contributed by atoms with van der Waals surface area (Å²) < 4.78 is 43.9. The lowest BCUT2D eigenvalue weighted by molar-refractivity contribution is -0.389. The summed E-state index contributed by atoms with van der Waals surface area (Å²) in [5.74, 6) is 4.06. The standard InChI is InChI=1S/C45H75NO15/c1-19-9-14-45(46-17-19)20(2)30-28(61-45)16-27-25-8-7-23-15-24(10-12-43(23,5)26(25)11-13-44(27,30)6)57-42-39(60-41-36(53)34(51)32(49)22(4)56-41)37(54)38(29(18-47)58-42)59-40-35(52)33(50)31(48)21(3)55-40/h19-42,46-54H,7-18H2,1-6H3. The van der Waals surface area contributed by atoms with Crippen LogP contribution in [0.25, 0.3) is 0 Å². The Labute approximate surface area is 359 Å². The van der Waals surface area contributed by atoms with E-state index in [9.17, 15) is 40.9 Å². The van der Waals surface area contributed by atoms with Gasteiger partial charge in [-0.25, -0.2) is 0 Å². The summed E-state index contributed by atoms with van der Waals surface area (Å²) in [6.45, 7) is 13.3. The highest BCUT2D eigenvalue weighted by atomic mass is 16.8. The lowest BCUT2D eigenvalue weighted by atomic mass is 9.44. The number of rotatable bonds is 7. The Kier molecular flexibility index (Phi) is 12.6. The van der Waals surface area contributed by atoms with Crippen molar-refractivity contribution in [1.29, 1.82) is 0 Å². The Morgan fingerprint density at radius 3 is 1.87 bits per heavy atom. The van der Waals surface area contributed by atoms with Crippen molar-refractivity contribution in [3.8, 4) is 0 Å². The summed E-state index contributed by atoms with van der Waals surface area (Å²) >= 11 is 0. The van der Waals surface area contributed by atoms with Crippen LogP contribution < -0.4 is 5.32 Å². The molecule has 5 aliphatic heterocycles. The molecule has 0 aromatic rings. The molecule has 27 atom stereocenters. The van der Waals surface area contributed by atoms with Gasteiger partial charge in [0.1, 0.15) is 66.8 Å². The van der Waals surface area contributed by atoms with Crippen molar-refractivity contribution in [1.82, 2.24) is 5.32 Å². The average Bonchev–Trinajstić information content (AvgIpc) is 3.69. The van der Waals surface area contributed by atoms with E-state index in [4.69, 9.17) is 33.2 Å². The van der Waals surface area contributed by atoms with E-state index in [1.54, 1.807) is 0 Å². The molecule has 9 fully saturated rings. The molecule has 27 unspecified atom stereocenters. The van der Waals surface area contributed by atoms with Crippen LogP contribution in [0.1, 0.15) is 106 Å². The number of aliphatic hydroxyl groups is 8. The van der Waals surface area contributed by atoms with E-state index in [1.807, 2.05) is 0 Å². The van der Waals surface area contributed by atoms with E-state index in [2.05, 4.69) is 33.0 Å². The van der Waals surface area contributed by atoms with E-state index < -0.39 is 98.7 Å². The van der Waals surface area contributed by atoms with Crippen molar-refractivity contribution >= 4 is 0 Å². The quantitative estimate of drug-likeness (QED) is 0.162. The molecule has 0 bridgehead atoms. The molecule has 0 amide bonds. The highest BCUT2D eigenvalue weighted by Crippen LogP contribution is 2.71. The van der Waals surface area contributed by atoms with Gasteiger partial charge < -0.3 is 74.0 Å². The molecular formula is C45H75NO15. The van der Waals surface area contributed by atoms with Gasteiger partial charge in [-0.3, -0.25) is 5.32 Å². The molecule has 61 heavy (non-hydrogen) atoms. The van der Waals surface area contributed by atoms with Crippen molar-refractivity contribution in [2.45, 2.75) is 216 Å². The second kappa shape index (κ2) is 16.9. The summed E-state index contributed by atoms with van der Waals surface area (Å²) in [5, 5.41) is 89.8. The Bertz CT molecular complexity index is 1540. The molecule has 4 aliphatic carbocycles. The fraction of sp³-hybridized carbons (Fsp3) is 1.00. The largest absolute Gasteiger partial charge is 0.394 e. The fourth-order valence-electron chi connectivity index (χ4n) is 14.8. The van der Waals surface area contributed by atoms with E-state index in [0.717, 1.165) is 45.1 Å². The maximum absolute atomic E-state index is 12.0. The minimum Gasteiger partial charge on any atom is -0.394 e. The molecule has 350 valence electrons. The second-order valence-electron chi connectivity index (χ2n) is 21.6. The van der Waals surface area contributed by atoms with Crippen LogP contribution in [-0.4, -0.2) is 164 Å². The van der Waals surface area contributed by atoms with Crippen LogP contribution in [0.5, 0.6) is 0 Å². The lowest BCUT2D eigenvalue weighted by Crippen LogP contribution is -2.66. The molecule has 9 N–H and O–H groups in total. The van der Waals surface area contributed by atoms with Gasteiger partial charge in [0.05, 0.1) is 31.0 Å². The summed E-state index contributed by atoms with van der Waals surface area (Å²) in [6.07, 6.45) is -10.5. The smallest absolute Gasteiger partial charge is 0.187 e. The number of hydrogen-bond acceptors (Lipinski definition) is 16. The first-order chi connectivity index (χ1) is 28.9. The molecule has 4 saturated carbocycles. The molecule has 0 aromatic heterocycles. The van der Waals surface area contributed by atoms with Gasteiger partial charge in [0.2, 0.25) is 0 Å². The Morgan fingerprint density at radius 1 is 0.607 bits per heavy atom. The molecule has 0 radical (unpaired) electrons. The van der Waals surface area contributed by atoms with Crippen molar-refractivity contribution in [3.63, 3.8) is 0 Å². The van der Waals surface area contributed by atoms with Crippen LogP contribution in [0.2, 0.25) is 0 Å². The Morgan fingerprint density at radius 2 is 1.25 bits per heavy atom. The third kappa shape index (κ3) is 7.50. The zero-order chi connectivity index (χ0) is 43.5. The van der Waals surface area contributed by atoms with Crippen molar-refractivity contribution in [3.05, 3.63) is 0 Å². The van der Waals surface area contributed by atoms with Gasteiger partial charge in [0, 0.05) is 12.5 Å².